The molecule has 2 heterocycles. The number of carbonyl (C=O) groups is 1. The number of rotatable bonds is 2. The Bertz CT molecular complexity index is 4580. The Morgan fingerprint density at radius 2 is 0.757 bits per heavy atom. The van der Waals surface area contributed by atoms with E-state index >= 15 is 4.79 Å². The van der Waals surface area contributed by atoms with Gasteiger partial charge in [0.05, 0.1) is 33.4 Å². The van der Waals surface area contributed by atoms with E-state index in [1.807, 2.05) is 6.08 Å². The zero-order valence-electron chi connectivity index (χ0n) is 39.0. The highest BCUT2D eigenvalue weighted by atomic mass is 79.9. The van der Waals surface area contributed by atoms with Crippen LogP contribution in [0.15, 0.2) is 237 Å². The first-order chi connectivity index (χ1) is 36.3. The van der Waals surface area contributed by atoms with Gasteiger partial charge in [-0.3, -0.25) is 4.79 Å². The number of hydrogen-bond donors (Lipinski definition) is 4. The highest BCUT2D eigenvalue weighted by Crippen LogP contribution is 2.67. The van der Waals surface area contributed by atoms with Gasteiger partial charge in [-0.25, -0.2) is 0 Å². The lowest BCUT2D eigenvalue weighted by Crippen LogP contribution is -2.28. The Morgan fingerprint density at radius 3 is 1.23 bits per heavy atom. The fourth-order valence-corrected chi connectivity index (χ4v) is 15.2. The van der Waals surface area contributed by atoms with Gasteiger partial charge >= 0.3 is 0 Å². The number of benzene rings is 10. The van der Waals surface area contributed by atoms with Gasteiger partial charge in [0.2, 0.25) is 5.78 Å². The number of aliphatic hydroxyl groups excluding tert-OH is 2. The normalized spacial score (nSPS) is 20.2. The van der Waals surface area contributed by atoms with Gasteiger partial charge in [-0.1, -0.05) is 177 Å². The van der Waals surface area contributed by atoms with E-state index in [1.54, 1.807) is 6.08 Å². The molecule has 5 nitrogen and oxygen atoms in total. The lowest BCUT2D eigenvalue weighted by Gasteiger charge is -2.30. The minimum absolute atomic E-state index is 0.00975. The number of Topliss-reactive ketones (excluding diaryl/α,β-unsaturated/α-hetero) is 1. The second kappa shape index (κ2) is 14.0. The molecule has 10 aromatic carbocycles. The molecule has 5 aliphatic carbocycles. The van der Waals surface area contributed by atoms with Crippen molar-refractivity contribution in [1.82, 2.24) is 0 Å². The van der Waals surface area contributed by atoms with Crippen molar-refractivity contribution in [2.75, 3.05) is 10.6 Å². The minimum atomic E-state index is -0.932. The molecule has 10 aromatic rings. The van der Waals surface area contributed by atoms with Crippen LogP contribution in [0.4, 0.5) is 11.4 Å². The summed E-state index contributed by atoms with van der Waals surface area (Å²) in [6.45, 7) is 0. The van der Waals surface area contributed by atoms with Crippen molar-refractivity contribution in [2.45, 2.75) is 10.8 Å². The maximum Gasteiger partial charge on any atom is 0.231 e. The molecule has 0 saturated heterocycles. The van der Waals surface area contributed by atoms with Gasteiger partial charge in [-0.2, -0.15) is 0 Å². The molecular weight excluding hydrogens is 1040 g/mol. The van der Waals surface area contributed by atoms with Crippen molar-refractivity contribution in [3.05, 3.63) is 271 Å². The molecule has 0 aromatic heterocycles. The molecular formula is C67H36Br2N2O3. The number of nitrogens with one attached hydrogen (secondary N) is 2. The topological polar surface area (TPSA) is 81.6 Å². The maximum atomic E-state index is 15.1. The highest BCUT2D eigenvalue weighted by molar-refractivity contribution is 9.10. The summed E-state index contributed by atoms with van der Waals surface area (Å²) in [5, 5.41) is 37.6. The van der Waals surface area contributed by atoms with E-state index < -0.39 is 22.4 Å². The Kier molecular flexibility index (Phi) is 7.74. The Balaban J connectivity index is 0.912. The van der Waals surface area contributed by atoms with Crippen molar-refractivity contribution in [3.8, 4) is 66.8 Å². The highest BCUT2D eigenvalue weighted by Gasteiger charge is 2.56. The van der Waals surface area contributed by atoms with E-state index in [4.69, 9.17) is 0 Å². The number of hydrogen-bond acceptors (Lipinski definition) is 5. The van der Waals surface area contributed by atoms with Crippen molar-refractivity contribution in [1.29, 1.82) is 0 Å². The van der Waals surface area contributed by atoms with Crippen LogP contribution in [0.1, 0.15) is 33.4 Å². The van der Waals surface area contributed by atoms with Gasteiger partial charge in [-0.05, 0) is 159 Å². The Morgan fingerprint density at radius 1 is 0.365 bits per heavy atom. The summed E-state index contributed by atoms with van der Waals surface area (Å²) in [7, 11) is 0. The second-order valence-corrected chi connectivity index (χ2v) is 22.3. The Hall–Kier alpha value is -8.49. The molecule has 7 aliphatic rings. The van der Waals surface area contributed by atoms with Crippen LogP contribution in [0.5, 0.6) is 0 Å². The van der Waals surface area contributed by atoms with Crippen LogP contribution in [0.25, 0.3) is 88.3 Å². The lowest BCUT2D eigenvalue weighted by atomic mass is 9.70. The van der Waals surface area contributed by atoms with Crippen LogP contribution in [-0.4, -0.2) is 16.0 Å². The van der Waals surface area contributed by atoms with Crippen molar-refractivity contribution in [2.24, 2.45) is 0 Å². The van der Waals surface area contributed by atoms with Gasteiger partial charge in [-0.15, -0.1) is 0 Å². The Labute approximate surface area is 441 Å². The molecule has 0 fully saturated rings. The molecule has 0 radical (unpaired) electrons. The minimum Gasteiger partial charge on any atom is -0.506 e. The first-order valence-corrected chi connectivity index (χ1v) is 26.4. The monoisotopic (exact) mass is 1070 g/mol. The summed E-state index contributed by atoms with van der Waals surface area (Å²) in [4.78, 5) is 15.1. The van der Waals surface area contributed by atoms with Crippen LogP contribution in [0, 0.1) is 0 Å². The molecule has 0 amide bonds. The number of anilines is 2. The zero-order chi connectivity index (χ0) is 49.1. The molecule has 17 rings (SSSR count). The second-order valence-electron chi connectivity index (χ2n) is 20.4. The zero-order valence-corrected chi connectivity index (χ0v) is 42.2. The maximum absolute atomic E-state index is 15.1. The van der Waals surface area contributed by atoms with Crippen LogP contribution < -0.4 is 10.6 Å². The van der Waals surface area contributed by atoms with Gasteiger partial charge in [0.25, 0.3) is 0 Å². The van der Waals surface area contributed by atoms with Gasteiger partial charge in [0.15, 0.2) is 5.76 Å². The van der Waals surface area contributed by atoms with Gasteiger partial charge in [0.1, 0.15) is 5.76 Å². The molecule has 346 valence electrons. The predicted molar refractivity (Wildman–Crippen MR) is 303 cm³/mol. The van der Waals surface area contributed by atoms with Crippen LogP contribution >= 0.6 is 31.9 Å². The fourth-order valence-electron chi connectivity index (χ4n) is 14.5. The molecule has 4 N–H and O–H groups in total. The first-order valence-electron chi connectivity index (χ1n) is 24.9. The van der Waals surface area contributed by atoms with E-state index in [0.29, 0.717) is 5.70 Å². The molecule has 7 heteroatoms. The average molecular weight is 1080 g/mol. The molecule has 2 unspecified atom stereocenters. The molecule has 2 atom stereocenters. The lowest BCUT2D eigenvalue weighted by molar-refractivity contribution is -0.114. The fraction of sp³-hybridized carbons (Fsp3) is 0.0299. The SMILES string of the molecule is O=C1C(O)=C(/C=C2\Nc3c(cc4c5c(cccc35)-c3ccccc3-4)C23c2ccccc2-c2ccc(Br)cc23)C(O)=C1/C=C1\Nc2c(cc3c4c(cccc24)-c2ccccc2-3)C12c1ccccc1-c1ccc(Br)cc12. The number of carbonyl (C=O) groups excluding carboxylic acids is 1. The predicted octanol–water partition coefficient (Wildman–Crippen LogP) is 17.0. The van der Waals surface area contributed by atoms with Gasteiger partial charge in [0, 0.05) is 31.1 Å². The average Bonchev–Trinajstić information content (AvgIpc) is 4.36. The summed E-state index contributed by atoms with van der Waals surface area (Å²) in [5.41, 5.74) is 21.7. The van der Waals surface area contributed by atoms with Crippen LogP contribution in [0.3, 0.4) is 0 Å². The first kappa shape index (κ1) is 41.0. The standard InChI is InChI=1S/C67H36Br2N2O3/c68-33-23-25-41-39-15-5-7-21-51(39)66(53(41)27-33)55-29-47-37-13-3-1-11-35(37)43-17-9-19-45(59(43)47)61(55)70-57(66)31-49-63(72)50(65(74)64(49)73)32-58-67(52-22-8-6-16-40(52)42-26-24-34(69)28-54(42)67)56-30-48-38-14-4-2-12-36(38)44-18-10-20-46(60(44)48)62(56)71-58/h1-32,70-72H,(H,73,74)/b57-31-,58-32-. The van der Waals surface area contributed by atoms with E-state index in [1.165, 1.54) is 44.2 Å². The van der Waals surface area contributed by atoms with Crippen molar-refractivity contribution >= 4 is 70.6 Å². The summed E-state index contributed by atoms with van der Waals surface area (Å²) < 4.78 is 1.85. The van der Waals surface area contributed by atoms with E-state index in [-0.39, 0.29) is 16.9 Å². The third kappa shape index (κ3) is 4.71. The van der Waals surface area contributed by atoms with Crippen LogP contribution in [0.2, 0.25) is 0 Å². The summed E-state index contributed by atoms with van der Waals surface area (Å²) in [6, 6.07) is 64.8. The van der Waals surface area contributed by atoms with E-state index in [9.17, 15) is 10.2 Å². The van der Waals surface area contributed by atoms with Crippen molar-refractivity contribution in [3.63, 3.8) is 0 Å². The third-order valence-electron chi connectivity index (χ3n) is 17.3. The largest absolute Gasteiger partial charge is 0.506 e. The summed E-state index contributed by atoms with van der Waals surface area (Å²) >= 11 is 7.71. The summed E-state index contributed by atoms with van der Waals surface area (Å²) in [5.74, 6) is -1.46. The number of ketones is 1. The smallest absolute Gasteiger partial charge is 0.231 e. The van der Waals surface area contributed by atoms with Crippen LogP contribution in [-0.2, 0) is 15.6 Å². The third-order valence-corrected chi connectivity index (χ3v) is 18.3. The van der Waals surface area contributed by atoms with E-state index in [2.05, 4.69) is 224 Å². The van der Waals surface area contributed by atoms with E-state index in [0.717, 1.165) is 104 Å². The van der Waals surface area contributed by atoms with Crippen molar-refractivity contribution < 1.29 is 15.0 Å². The quantitative estimate of drug-likeness (QED) is 0.139. The number of halogens is 2. The number of aliphatic hydroxyl groups is 2. The number of fused-ring (bicyclic) bond motifs is 22. The molecule has 74 heavy (non-hydrogen) atoms. The summed E-state index contributed by atoms with van der Waals surface area (Å²) in [6.07, 6.45) is 3.63. The molecule has 0 saturated carbocycles. The van der Waals surface area contributed by atoms with Gasteiger partial charge < -0.3 is 20.8 Å². The molecule has 0 bridgehead atoms. The molecule has 2 spiro atoms. The number of allylic oxidation sites excluding steroid dienone is 5. The molecule has 2 aliphatic heterocycles.